The molecule has 0 bridgehead atoms. The molecule has 1 aliphatic heterocycles. The van der Waals surface area contributed by atoms with E-state index < -0.39 is 35.3 Å². The number of halogens is 4. The Morgan fingerprint density at radius 3 is 2.60 bits per heavy atom. The van der Waals surface area contributed by atoms with Gasteiger partial charge in [0.15, 0.2) is 0 Å². The molecule has 1 aliphatic rings. The van der Waals surface area contributed by atoms with Gasteiger partial charge in [-0.25, -0.2) is 0 Å². The van der Waals surface area contributed by atoms with Crippen LogP contribution in [0, 0.1) is 10.1 Å². The van der Waals surface area contributed by atoms with E-state index >= 15 is 0 Å². The molecule has 0 aromatic heterocycles. The Kier molecular flexibility index (Phi) is 6.20. The van der Waals surface area contributed by atoms with Crippen LogP contribution in [0.15, 0.2) is 18.2 Å². The quantitative estimate of drug-likeness (QED) is 0.601. The number of carbonyl (C=O) groups is 1. The van der Waals surface area contributed by atoms with E-state index in [4.69, 9.17) is 11.6 Å². The number of hydrogen-bond donors (Lipinski definition) is 2. The molecule has 11 heteroatoms. The molecule has 0 spiro atoms. The maximum Gasteiger partial charge on any atom is 0.405 e. The number of carbonyl (C=O) groups excluding carboxylic acids is 1. The lowest BCUT2D eigenvalue weighted by Crippen LogP contribution is -2.57. The highest BCUT2D eigenvalue weighted by Gasteiger charge is 2.44. The lowest BCUT2D eigenvalue weighted by molar-refractivity contribution is -0.385. The first-order chi connectivity index (χ1) is 11.7. The van der Waals surface area contributed by atoms with Gasteiger partial charge < -0.3 is 10.6 Å². The first-order valence-corrected chi connectivity index (χ1v) is 7.81. The third-order valence-corrected chi connectivity index (χ3v) is 4.06. The highest BCUT2D eigenvalue weighted by molar-refractivity contribution is 6.31. The van der Waals surface area contributed by atoms with E-state index in [0.717, 1.165) is 12.1 Å². The summed E-state index contributed by atoms with van der Waals surface area (Å²) in [5.41, 5.74) is -0.897. The number of hydrogen-bond acceptors (Lipinski definition) is 5. The average Bonchev–Trinajstić information content (AvgIpc) is 2.54. The molecule has 0 aliphatic carbocycles. The largest absolute Gasteiger partial charge is 0.405 e. The van der Waals surface area contributed by atoms with Gasteiger partial charge in [-0.15, -0.1) is 0 Å². The zero-order valence-electron chi connectivity index (χ0n) is 13.0. The summed E-state index contributed by atoms with van der Waals surface area (Å²) in [7, 11) is 0. The zero-order chi connectivity index (χ0) is 18.6. The molecule has 1 heterocycles. The van der Waals surface area contributed by atoms with Crippen molar-refractivity contribution in [2.75, 3.05) is 32.7 Å². The second kappa shape index (κ2) is 7.98. The van der Waals surface area contributed by atoms with Gasteiger partial charge >= 0.3 is 6.18 Å². The van der Waals surface area contributed by atoms with Crippen LogP contribution < -0.4 is 10.6 Å². The van der Waals surface area contributed by atoms with Crippen molar-refractivity contribution in [1.82, 2.24) is 15.5 Å². The maximum absolute atomic E-state index is 13.3. The molecule has 1 amide bonds. The van der Waals surface area contributed by atoms with E-state index in [1.807, 2.05) is 0 Å². The number of nitro benzene ring substituents is 1. The second-order valence-electron chi connectivity index (χ2n) is 5.47. The van der Waals surface area contributed by atoms with Crippen molar-refractivity contribution < 1.29 is 22.9 Å². The molecule has 1 aromatic carbocycles. The predicted molar refractivity (Wildman–Crippen MR) is 84.7 cm³/mol. The molecule has 2 N–H and O–H groups in total. The predicted octanol–water partition coefficient (Wildman–Crippen LogP) is 1.81. The number of nitrogens with zero attached hydrogens (tertiary/aromatic N) is 2. The van der Waals surface area contributed by atoms with Gasteiger partial charge in [-0.3, -0.25) is 19.8 Å². The summed E-state index contributed by atoms with van der Waals surface area (Å²) in [5, 5.41) is 16.1. The lowest BCUT2D eigenvalue weighted by Gasteiger charge is -2.35. The summed E-state index contributed by atoms with van der Waals surface area (Å²) < 4.78 is 39.9. The molecule has 0 saturated carbocycles. The second-order valence-corrected chi connectivity index (χ2v) is 5.91. The number of piperazine rings is 1. The minimum absolute atomic E-state index is 0.0743. The zero-order valence-corrected chi connectivity index (χ0v) is 13.7. The van der Waals surface area contributed by atoms with Crippen LogP contribution in [0.3, 0.4) is 0 Å². The maximum atomic E-state index is 13.3. The summed E-state index contributed by atoms with van der Waals surface area (Å²) in [6.45, 7) is 0.515. The minimum Gasteiger partial charge on any atom is -0.350 e. The van der Waals surface area contributed by atoms with Crippen molar-refractivity contribution in [3.05, 3.63) is 38.9 Å². The smallest absolute Gasteiger partial charge is 0.350 e. The Bertz CT molecular complexity index is 651. The molecule has 1 fully saturated rings. The number of nitrogens with one attached hydrogen (secondary N) is 2. The standard InChI is InChI=1S/C14H16ClF3N4O3/c15-9-1-2-11(22(24)25)10(7-9)13(23)20-8-12(14(16,17)18)21-5-3-19-4-6-21/h1-2,7,12,19H,3-6,8H2,(H,20,23). The van der Waals surface area contributed by atoms with Gasteiger partial charge in [0.2, 0.25) is 0 Å². The molecule has 2 rings (SSSR count). The van der Waals surface area contributed by atoms with Crippen molar-refractivity contribution in [3.8, 4) is 0 Å². The number of rotatable bonds is 5. The summed E-state index contributed by atoms with van der Waals surface area (Å²) >= 11 is 5.72. The molecule has 1 saturated heterocycles. The summed E-state index contributed by atoms with van der Waals surface area (Å²) in [6, 6.07) is 1.46. The number of nitro groups is 1. The van der Waals surface area contributed by atoms with Crippen LogP contribution in [0.1, 0.15) is 10.4 Å². The van der Waals surface area contributed by atoms with Crippen LogP contribution in [0.2, 0.25) is 5.02 Å². The van der Waals surface area contributed by atoms with Gasteiger partial charge in [0.25, 0.3) is 11.6 Å². The van der Waals surface area contributed by atoms with Gasteiger partial charge in [0.1, 0.15) is 11.6 Å². The molecule has 138 valence electrons. The fraction of sp³-hybridized carbons (Fsp3) is 0.500. The number of benzene rings is 1. The van der Waals surface area contributed by atoms with Crippen molar-refractivity contribution in [3.63, 3.8) is 0 Å². The molecular formula is C14H16ClF3N4O3. The van der Waals surface area contributed by atoms with Crippen LogP contribution >= 0.6 is 11.6 Å². The fourth-order valence-corrected chi connectivity index (χ4v) is 2.75. The van der Waals surface area contributed by atoms with Crippen LogP contribution in [-0.2, 0) is 0 Å². The Labute approximate surface area is 146 Å². The van der Waals surface area contributed by atoms with Crippen molar-refractivity contribution >= 4 is 23.2 Å². The number of amides is 1. The van der Waals surface area contributed by atoms with Crippen LogP contribution in [0.5, 0.6) is 0 Å². The molecule has 0 radical (unpaired) electrons. The molecule has 1 unspecified atom stereocenters. The molecular weight excluding hydrogens is 365 g/mol. The van der Waals surface area contributed by atoms with Gasteiger partial charge in [-0.2, -0.15) is 13.2 Å². The molecule has 7 nitrogen and oxygen atoms in total. The Hall–Kier alpha value is -1.91. The van der Waals surface area contributed by atoms with Crippen molar-refractivity contribution in [2.45, 2.75) is 12.2 Å². The van der Waals surface area contributed by atoms with Gasteiger partial charge in [-0.05, 0) is 12.1 Å². The van der Waals surface area contributed by atoms with E-state index in [2.05, 4.69) is 10.6 Å². The average molecular weight is 381 g/mol. The third-order valence-electron chi connectivity index (χ3n) is 3.83. The van der Waals surface area contributed by atoms with E-state index in [1.165, 1.54) is 11.0 Å². The van der Waals surface area contributed by atoms with E-state index in [1.54, 1.807) is 0 Å². The van der Waals surface area contributed by atoms with Crippen molar-refractivity contribution in [2.24, 2.45) is 0 Å². The summed E-state index contributed by atoms with van der Waals surface area (Å²) in [6.07, 6.45) is -4.54. The van der Waals surface area contributed by atoms with E-state index in [9.17, 15) is 28.1 Å². The molecule has 25 heavy (non-hydrogen) atoms. The summed E-state index contributed by atoms with van der Waals surface area (Å²) in [5.74, 6) is -0.974. The van der Waals surface area contributed by atoms with Gasteiger partial charge in [0, 0.05) is 43.8 Å². The van der Waals surface area contributed by atoms with Crippen molar-refractivity contribution in [1.29, 1.82) is 0 Å². The lowest BCUT2D eigenvalue weighted by atomic mass is 10.1. The Morgan fingerprint density at radius 1 is 1.40 bits per heavy atom. The van der Waals surface area contributed by atoms with Gasteiger partial charge in [0.05, 0.1) is 4.92 Å². The van der Waals surface area contributed by atoms with Crippen LogP contribution in [0.25, 0.3) is 0 Å². The Balaban J connectivity index is 2.13. The van der Waals surface area contributed by atoms with Crippen LogP contribution in [-0.4, -0.2) is 60.7 Å². The van der Waals surface area contributed by atoms with E-state index in [-0.39, 0.29) is 23.7 Å². The van der Waals surface area contributed by atoms with E-state index in [0.29, 0.717) is 13.1 Å². The van der Waals surface area contributed by atoms with Gasteiger partial charge in [-0.1, -0.05) is 11.6 Å². The highest BCUT2D eigenvalue weighted by Crippen LogP contribution is 2.26. The first-order valence-electron chi connectivity index (χ1n) is 7.44. The molecule has 1 atom stereocenters. The topological polar surface area (TPSA) is 87.5 Å². The number of alkyl halides is 3. The summed E-state index contributed by atoms with van der Waals surface area (Å²) in [4.78, 5) is 23.6. The Morgan fingerprint density at radius 2 is 2.04 bits per heavy atom. The third kappa shape index (κ3) is 5.03. The van der Waals surface area contributed by atoms with Crippen LogP contribution in [0.4, 0.5) is 18.9 Å². The minimum atomic E-state index is -4.54. The molecule has 1 aromatic rings. The normalized spacial score (nSPS) is 17.1. The SMILES string of the molecule is O=C(NCC(N1CCNCC1)C(F)(F)F)c1cc(Cl)ccc1[N+](=O)[O-]. The monoisotopic (exact) mass is 380 g/mol. The highest BCUT2D eigenvalue weighted by atomic mass is 35.5. The first kappa shape index (κ1) is 19.4. The fourth-order valence-electron chi connectivity index (χ4n) is 2.58.